The number of benzene rings is 1. The fourth-order valence-corrected chi connectivity index (χ4v) is 3.28. The highest BCUT2D eigenvalue weighted by molar-refractivity contribution is 5.96. The van der Waals surface area contributed by atoms with Crippen molar-refractivity contribution in [2.45, 2.75) is 51.6 Å². The number of nitrogens with zero attached hydrogens (tertiary/aromatic N) is 2. The van der Waals surface area contributed by atoms with Gasteiger partial charge in [0.15, 0.2) is 0 Å². The van der Waals surface area contributed by atoms with Gasteiger partial charge in [0.05, 0.1) is 11.1 Å². The van der Waals surface area contributed by atoms with Gasteiger partial charge in [-0.05, 0) is 18.6 Å². The number of hydrogen-bond acceptors (Lipinski definition) is 2. The van der Waals surface area contributed by atoms with E-state index in [9.17, 15) is 22.8 Å². The summed E-state index contributed by atoms with van der Waals surface area (Å²) < 4.78 is 39.3. The third-order valence-electron chi connectivity index (χ3n) is 4.88. The zero-order chi connectivity index (χ0) is 19.9. The molecule has 0 unspecified atom stereocenters. The van der Waals surface area contributed by atoms with Crippen molar-refractivity contribution in [1.82, 2.24) is 9.80 Å². The Labute approximate surface area is 158 Å². The second-order valence-electron chi connectivity index (χ2n) is 6.88. The predicted octanol–water partition coefficient (Wildman–Crippen LogP) is 4.35. The van der Waals surface area contributed by atoms with Crippen LogP contribution in [0.5, 0.6) is 0 Å². The van der Waals surface area contributed by atoms with Crippen LogP contribution in [0.3, 0.4) is 0 Å². The van der Waals surface area contributed by atoms with E-state index >= 15 is 0 Å². The van der Waals surface area contributed by atoms with Gasteiger partial charge in [-0.3, -0.25) is 9.59 Å². The van der Waals surface area contributed by atoms with E-state index in [2.05, 4.69) is 6.92 Å². The molecule has 7 heteroatoms. The molecule has 0 atom stereocenters. The summed E-state index contributed by atoms with van der Waals surface area (Å²) in [6.07, 6.45) is 1.28. The first-order valence-corrected chi connectivity index (χ1v) is 9.58. The fourth-order valence-electron chi connectivity index (χ4n) is 3.28. The first kappa shape index (κ1) is 21.3. The third kappa shape index (κ3) is 5.97. The summed E-state index contributed by atoms with van der Waals surface area (Å²) in [5, 5.41) is 0. The molecule has 150 valence electrons. The van der Waals surface area contributed by atoms with Gasteiger partial charge in [0.1, 0.15) is 0 Å². The number of carbonyl (C=O) groups is 2. The van der Waals surface area contributed by atoms with Crippen molar-refractivity contribution in [3.63, 3.8) is 0 Å². The molecule has 1 aliphatic heterocycles. The number of alkyl halides is 3. The Morgan fingerprint density at radius 3 is 2.15 bits per heavy atom. The van der Waals surface area contributed by atoms with Gasteiger partial charge < -0.3 is 9.80 Å². The minimum Gasteiger partial charge on any atom is -0.339 e. The molecular formula is C20H27F3N2O2. The summed E-state index contributed by atoms with van der Waals surface area (Å²) in [4.78, 5) is 27.9. The third-order valence-corrected chi connectivity index (χ3v) is 4.88. The second kappa shape index (κ2) is 9.76. The smallest absolute Gasteiger partial charge is 0.339 e. The molecule has 1 aliphatic rings. The number of piperazine rings is 1. The second-order valence-corrected chi connectivity index (χ2v) is 6.88. The molecule has 1 saturated heterocycles. The number of carbonyl (C=O) groups excluding carboxylic acids is 2. The highest BCUT2D eigenvalue weighted by Gasteiger charge is 2.36. The van der Waals surface area contributed by atoms with E-state index in [1.165, 1.54) is 29.5 Å². The van der Waals surface area contributed by atoms with Gasteiger partial charge in [0, 0.05) is 32.6 Å². The molecule has 4 nitrogen and oxygen atoms in total. The summed E-state index contributed by atoms with van der Waals surface area (Å²) in [5.41, 5.74) is -1.25. The highest BCUT2D eigenvalue weighted by Crippen LogP contribution is 2.32. The molecule has 2 rings (SSSR count). The number of rotatable bonds is 7. The zero-order valence-corrected chi connectivity index (χ0v) is 15.7. The van der Waals surface area contributed by atoms with Crippen LogP contribution in [0.25, 0.3) is 0 Å². The minimum atomic E-state index is -4.57. The molecule has 1 aromatic carbocycles. The molecule has 0 aromatic heterocycles. The SMILES string of the molecule is CCCCCCCC(=O)N1CCN(C(=O)c2ccccc2C(F)(F)F)CC1. The molecule has 1 heterocycles. The van der Waals surface area contributed by atoms with E-state index < -0.39 is 17.6 Å². The van der Waals surface area contributed by atoms with Crippen molar-refractivity contribution in [3.05, 3.63) is 35.4 Å². The van der Waals surface area contributed by atoms with E-state index in [0.29, 0.717) is 19.5 Å². The lowest BCUT2D eigenvalue weighted by Crippen LogP contribution is -2.50. The van der Waals surface area contributed by atoms with Crippen molar-refractivity contribution in [3.8, 4) is 0 Å². The van der Waals surface area contributed by atoms with Gasteiger partial charge in [-0.1, -0.05) is 44.7 Å². The largest absolute Gasteiger partial charge is 0.417 e. The van der Waals surface area contributed by atoms with E-state index in [0.717, 1.165) is 31.7 Å². The highest BCUT2D eigenvalue weighted by atomic mass is 19.4. The van der Waals surface area contributed by atoms with Crippen molar-refractivity contribution < 1.29 is 22.8 Å². The number of amides is 2. The molecule has 1 fully saturated rings. The van der Waals surface area contributed by atoms with Crippen LogP contribution < -0.4 is 0 Å². The lowest BCUT2D eigenvalue weighted by atomic mass is 10.1. The lowest BCUT2D eigenvalue weighted by molar-refractivity contribution is -0.138. The molecule has 0 N–H and O–H groups in total. The molecule has 0 radical (unpaired) electrons. The first-order valence-electron chi connectivity index (χ1n) is 9.58. The van der Waals surface area contributed by atoms with Crippen LogP contribution in [0.4, 0.5) is 13.2 Å². The van der Waals surface area contributed by atoms with Gasteiger partial charge in [-0.2, -0.15) is 13.2 Å². The Morgan fingerprint density at radius 2 is 1.52 bits per heavy atom. The first-order chi connectivity index (χ1) is 12.8. The molecule has 2 amide bonds. The zero-order valence-electron chi connectivity index (χ0n) is 15.7. The normalized spacial score (nSPS) is 15.1. The van der Waals surface area contributed by atoms with Crippen LogP contribution in [0.2, 0.25) is 0 Å². The summed E-state index contributed by atoms with van der Waals surface area (Å²) >= 11 is 0. The van der Waals surface area contributed by atoms with Gasteiger partial charge in [-0.25, -0.2) is 0 Å². The Bertz CT molecular complexity index is 638. The quantitative estimate of drug-likeness (QED) is 0.656. The molecule has 0 spiro atoms. The molecule has 27 heavy (non-hydrogen) atoms. The Morgan fingerprint density at radius 1 is 0.926 bits per heavy atom. The van der Waals surface area contributed by atoms with E-state index in [1.807, 2.05) is 0 Å². The molecule has 0 aliphatic carbocycles. The average Bonchev–Trinajstić information content (AvgIpc) is 2.66. The van der Waals surface area contributed by atoms with Crippen LogP contribution in [0.15, 0.2) is 24.3 Å². The lowest BCUT2D eigenvalue weighted by Gasteiger charge is -2.35. The number of halogens is 3. The molecular weight excluding hydrogens is 357 g/mol. The van der Waals surface area contributed by atoms with E-state index in [4.69, 9.17) is 0 Å². The monoisotopic (exact) mass is 384 g/mol. The van der Waals surface area contributed by atoms with Crippen molar-refractivity contribution in [2.75, 3.05) is 26.2 Å². The predicted molar refractivity (Wildman–Crippen MR) is 97.3 cm³/mol. The van der Waals surface area contributed by atoms with Crippen molar-refractivity contribution >= 4 is 11.8 Å². The number of hydrogen-bond donors (Lipinski definition) is 0. The van der Waals surface area contributed by atoms with Crippen molar-refractivity contribution in [1.29, 1.82) is 0 Å². The Balaban J connectivity index is 1.87. The van der Waals surface area contributed by atoms with Gasteiger partial charge in [-0.15, -0.1) is 0 Å². The number of unbranched alkanes of at least 4 members (excludes halogenated alkanes) is 4. The van der Waals surface area contributed by atoms with Crippen molar-refractivity contribution in [2.24, 2.45) is 0 Å². The maximum atomic E-state index is 13.1. The summed E-state index contributed by atoms with van der Waals surface area (Å²) in [6, 6.07) is 4.84. The standard InChI is InChI=1S/C20H27F3N2O2/c1-2-3-4-5-6-11-18(26)24-12-14-25(15-13-24)19(27)16-9-7-8-10-17(16)20(21,22)23/h7-10H,2-6,11-15H2,1H3. The molecule has 1 aromatic rings. The van der Waals surface area contributed by atoms with Crippen LogP contribution in [0.1, 0.15) is 61.4 Å². The van der Waals surface area contributed by atoms with Crippen LogP contribution in [-0.4, -0.2) is 47.8 Å². The summed E-state index contributed by atoms with van der Waals surface area (Å²) in [6.45, 7) is 3.39. The van der Waals surface area contributed by atoms with Crippen LogP contribution in [0, 0.1) is 0 Å². The van der Waals surface area contributed by atoms with Gasteiger partial charge in [0.2, 0.25) is 5.91 Å². The maximum absolute atomic E-state index is 13.1. The fraction of sp³-hybridized carbons (Fsp3) is 0.600. The molecule has 0 bridgehead atoms. The van der Waals surface area contributed by atoms with Gasteiger partial charge >= 0.3 is 6.18 Å². The summed E-state index contributed by atoms with van der Waals surface area (Å²) in [7, 11) is 0. The van der Waals surface area contributed by atoms with E-state index in [1.54, 1.807) is 4.90 Å². The van der Waals surface area contributed by atoms with E-state index in [-0.39, 0.29) is 24.6 Å². The van der Waals surface area contributed by atoms with Crippen LogP contribution >= 0.6 is 0 Å². The topological polar surface area (TPSA) is 40.6 Å². The van der Waals surface area contributed by atoms with Crippen LogP contribution in [-0.2, 0) is 11.0 Å². The Kier molecular flexibility index (Phi) is 7.68. The minimum absolute atomic E-state index is 0.0642. The maximum Gasteiger partial charge on any atom is 0.417 e. The Hall–Kier alpha value is -2.05. The average molecular weight is 384 g/mol. The molecule has 0 saturated carbocycles. The van der Waals surface area contributed by atoms with Gasteiger partial charge in [0.25, 0.3) is 5.91 Å². The summed E-state index contributed by atoms with van der Waals surface area (Å²) in [5.74, 6) is -0.566.